The van der Waals surface area contributed by atoms with Crippen LogP contribution in [0.15, 0.2) is 18.5 Å². The number of fused-ring (bicyclic) bond motifs is 1. The van der Waals surface area contributed by atoms with Gasteiger partial charge < -0.3 is 4.90 Å². The number of aryl methyl sites for hydroxylation is 3. The SMILES string of the molecule is Cc1cnn(C[C@@H]2CCCN2C(=O)c2nc3nc(C)cc(C)n3n2)c1. The quantitative estimate of drug-likeness (QED) is 0.723. The topological polar surface area (TPSA) is 81.2 Å². The zero-order chi connectivity index (χ0) is 17.6. The molecule has 1 aliphatic heterocycles. The van der Waals surface area contributed by atoms with E-state index in [2.05, 4.69) is 20.2 Å². The second-order valence-electron chi connectivity index (χ2n) is 6.72. The molecule has 0 unspecified atom stereocenters. The number of carbonyl (C=O) groups is 1. The lowest BCUT2D eigenvalue weighted by atomic mass is 10.2. The molecule has 0 spiro atoms. The monoisotopic (exact) mass is 339 g/mol. The van der Waals surface area contributed by atoms with E-state index in [1.165, 1.54) is 0 Å². The molecule has 1 saturated heterocycles. The van der Waals surface area contributed by atoms with Crippen molar-refractivity contribution in [2.75, 3.05) is 6.54 Å². The maximum Gasteiger partial charge on any atom is 0.293 e. The normalized spacial score (nSPS) is 17.6. The van der Waals surface area contributed by atoms with Crippen LogP contribution in [0.5, 0.6) is 0 Å². The molecule has 0 aromatic carbocycles. The summed E-state index contributed by atoms with van der Waals surface area (Å²) in [6.45, 7) is 7.28. The molecule has 3 aromatic heterocycles. The molecule has 0 radical (unpaired) electrons. The Hall–Kier alpha value is -2.77. The Morgan fingerprint density at radius 2 is 2.12 bits per heavy atom. The zero-order valence-corrected chi connectivity index (χ0v) is 14.7. The fourth-order valence-corrected chi connectivity index (χ4v) is 3.46. The Bertz CT molecular complexity index is 942. The maximum atomic E-state index is 12.9. The van der Waals surface area contributed by atoms with Crippen molar-refractivity contribution in [2.45, 2.75) is 46.2 Å². The molecule has 0 saturated carbocycles. The van der Waals surface area contributed by atoms with Crippen molar-refractivity contribution in [3.8, 4) is 0 Å². The second-order valence-corrected chi connectivity index (χ2v) is 6.72. The molecule has 130 valence electrons. The van der Waals surface area contributed by atoms with Crippen molar-refractivity contribution in [3.05, 3.63) is 41.2 Å². The lowest BCUT2D eigenvalue weighted by molar-refractivity contribution is 0.0709. The fourth-order valence-electron chi connectivity index (χ4n) is 3.46. The number of nitrogens with zero attached hydrogens (tertiary/aromatic N) is 7. The second kappa shape index (κ2) is 5.94. The van der Waals surface area contributed by atoms with Gasteiger partial charge in [0.2, 0.25) is 5.82 Å². The standard InChI is InChI=1S/C17H21N7O/c1-11-8-18-22(9-11)10-14-5-4-6-23(14)16(25)15-20-17-19-12(2)7-13(3)24(17)21-15/h7-9,14H,4-6,10H2,1-3H3/t14-/m0/s1. The van der Waals surface area contributed by atoms with Crippen LogP contribution in [0.3, 0.4) is 0 Å². The number of hydrogen-bond acceptors (Lipinski definition) is 5. The molecule has 1 fully saturated rings. The highest BCUT2D eigenvalue weighted by atomic mass is 16.2. The van der Waals surface area contributed by atoms with Crippen LogP contribution in [0.2, 0.25) is 0 Å². The van der Waals surface area contributed by atoms with Crippen molar-refractivity contribution in [3.63, 3.8) is 0 Å². The van der Waals surface area contributed by atoms with E-state index in [0.717, 1.165) is 36.3 Å². The maximum absolute atomic E-state index is 12.9. The third-order valence-electron chi connectivity index (χ3n) is 4.61. The van der Waals surface area contributed by atoms with E-state index >= 15 is 0 Å². The van der Waals surface area contributed by atoms with Crippen LogP contribution < -0.4 is 0 Å². The van der Waals surface area contributed by atoms with E-state index in [9.17, 15) is 4.79 Å². The largest absolute Gasteiger partial charge is 0.331 e. The van der Waals surface area contributed by atoms with Crippen molar-refractivity contribution < 1.29 is 4.79 Å². The number of aromatic nitrogens is 6. The molecule has 3 aromatic rings. The number of likely N-dealkylation sites (tertiary alicyclic amines) is 1. The van der Waals surface area contributed by atoms with Gasteiger partial charge in [-0.1, -0.05) is 0 Å². The summed E-state index contributed by atoms with van der Waals surface area (Å²) in [6.07, 6.45) is 5.79. The van der Waals surface area contributed by atoms with E-state index in [-0.39, 0.29) is 17.8 Å². The van der Waals surface area contributed by atoms with Gasteiger partial charge in [0.25, 0.3) is 11.7 Å². The summed E-state index contributed by atoms with van der Waals surface area (Å²) >= 11 is 0. The van der Waals surface area contributed by atoms with Crippen molar-refractivity contribution in [1.29, 1.82) is 0 Å². The van der Waals surface area contributed by atoms with E-state index in [1.54, 1.807) is 4.52 Å². The van der Waals surface area contributed by atoms with Crippen molar-refractivity contribution in [1.82, 2.24) is 34.3 Å². The molecule has 25 heavy (non-hydrogen) atoms. The highest BCUT2D eigenvalue weighted by Crippen LogP contribution is 2.21. The van der Waals surface area contributed by atoms with E-state index in [4.69, 9.17) is 0 Å². The van der Waals surface area contributed by atoms with Crippen molar-refractivity contribution >= 4 is 11.7 Å². The molecule has 0 aliphatic carbocycles. The highest BCUT2D eigenvalue weighted by Gasteiger charge is 2.32. The summed E-state index contributed by atoms with van der Waals surface area (Å²) in [5, 5.41) is 8.71. The first-order valence-electron chi connectivity index (χ1n) is 8.52. The molecule has 1 aliphatic rings. The molecule has 1 amide bonds. The number of amides is 1. The molecule has 1 atom stereocenters. The molecule has 0 N–H and O–H groups in total. The Morgan fingerprint density at radius 3 is 2.88 bits per heavy atom. The van der Waals surface area contributed by atoms with Crippen LogP contribution in [-0.2, 0) is 6.54 Å². The minimum atomic E-state index is -0.131. The Balaban J connectivity index is 1.60. The first-order chi connectivity index (χ1) is 12.0. The van der Waals surface area contributed by atoms with Gasteiger partial charge in [-0.2, -0.15) is 10.1 Å². The van der Waals surface area contributed by atoms with E-state index in [1.807, 2.05) is 48.8 Å². The average molecular weight is 339 g/mol. The fraction of sp³-hybridized carbons (Fsp3) is 0.471. The van der Waals surface area contributed by atoms with Gasteiger partial charge in [0.1, 0.15) is 0 Å². The number of carbonyl (C=O) groups excluding carboxylic acids is 1. The average Bonchev–Trinajstić information content (AvgIpc) is 3.27. The van der Waals surface area contributed by atoms with Crippen LogP contribution in [0.4, 0.5) is 0 Å². The van der Waals surface area contributed by atoms with Gasteiger partial charge in [0, 0.05) is 24.1 Å². The van der Waals surface area contributed by atoms with Gasteiger partial charge in [-0.25, -0.2) is 9.50 Å². The first kappa shape index (κ1) is 15.7. The smallest absolute Gasteiger partial charge is 0.293 e. The zero-order valence-electron chi connectivity index (χ0n) is 14.7. The summed E-state index contributed by atoms with van der Waals surface area (Å²) in [5.74, 6) is 0.554. The Kier molecular flexibility index (Phi) is 3.74. The summed E-state index contributed by atoms with van der Waals surface area (Å²) < 4.78 is 3.53. The van der Waals surface area contributed by atoms with E-state index in [0.29, 0.717) is 12.3 Å². The van der Waals surface area contributed by atoms with Gasteiger partial charge in [0.05, 0.1) is 18.8 Å². The van der Waals surface area contributed by atoms with Gasteiger partial charge in [-0.15, -0.1) is 5.10 Å². The summed E-state index contributed by atoms with van der Waals surface area (Å²) in [5.41, 5.74) is 2.90. The molecule has 8 nitrogen and oxygen atoms in total. The van der Waals surface area contributed by atoms with Crippen LogP contribution in [-0.4, -0.2) is 52.8 Å². The number of rotatable bonds is 3. The first-order valence-corrected chi connectivity index (χ1v) is 8.52. The molecular weight excluding hydrogens is 318 g/mol. The van der Waals surface area contributed by atoms with Crippen LogP contribution in [0.1, 0.15) is 40.4 Å². The summed E-state index contributed by atoms with van der Waals surface area (Å²) in [7, 11) is 0. The summed E-state index contributed by atoms with van der Waals surface area (Å²) in [6, 6.07) is 2.04. The Morgan fingerprint density at radius 1 is 1.28 bits per heavy atom. The Labute approximate surface area is 145 Å². The van der Waals surface area contributed by atoms with Crippen molar-refractivity contribution in [2.24, 2.45) is 0 Å². The molecular formula is C17H21N7O. The molecule has 8 heteroatoms. The lowest BCUT2D eigenvalue weighted by Crippen LogP contribution is -2.38. The third-order valence-corrected chi connectivity index (χ3v) is 4.61. The van der Waals surface area contributed by atoms with Crippen LogP contribution in [0, 0.1) is 20.8 Å². The number of hydrogen-bond donors (Lipinski definition) is 0. The predicted octanol–water partition coefficient (Wildman–Crippen LogP) is 1.55. The molecule has 4 rings (SSSR count). The van der Waals surface area contributed by atoms with E-state index < -0.39 is 0 Å². The van der Waals surface area contributed by atoms with Gasteiger partial charge in [-0.3, -0.25) is 9.48 Å². The van der Waals surface area contributed by atoms with Gasteiger partial charge >= 0.3 is 0 Å². The van der Waals surface area contributed by atoms with Crippen LogP contribution in [0.25, 0.3) is 5.78 Å². The molecule has 0 bridgehead atoms. The predicted molar refractivity (Wildman–Crippen MR) is 91.3 cm³/mol. The summed E-state index contributed by atoms with van der Waals surface area (Å²) in [4.78, 5) is 23.5. The minimum absolute atomic E-state index is 0.120. The van der Waals surface area contributed by atoms with Crippen LogP contribution >= 0.6 is 0 Å². The third kappa shape index (κ3) is 2.88. The van der Waals surface area contributed by atoms with Gasteiger partial charge in [0.15, 0.2) is 0 Å². The van der Waals surface area contributed by atoms with Gasteiger partial charge in [-0.05, 0) is 45.2 Å². The highest BCUT2D eigenvalue weighted by molar-refractivity contribution is 5.91. The lowest BCUT2D eigenvalue weighted by Gasteiger charge is -2.23. The molecule has 4 heterocycles. The minimum Gasteiger partial charge on any atom is -0.331 e.